The maximum absolute atomic E-state index is 12.2. The van der Waals surface area contributed by atoms with E-state index < -0.39 is 5.83 Å². The van der Waals surface area contributed by atoms with Crippen molar-refractivity contribution >= 4 is 6.21 Å². The summed E-state index contributed by atoms with van der Waals surface area (Å²) in [6.45, 7) is 6.74. The van der Waals surface area contributed by atoms with Crippen LogP contribution >= 0.6 is 0 Å². The zero-order chi connectivity index (χ0) is 7.98. The molecule has 0 aliphatic heterocycles. The molecule has 10 heavy (non-hydrogen) atoms. The molecule has 0 N–H and O–H groups in total. The van der Waals surface area contributed by atoms with Gasteiger partial charge in [0.1, 0.15) is 0 Å². The Morgan fingerprint density at radius 2 is 2.30 bits per heavy atom. The van der Waals surface area contributed by atoms with E-state index in [9.17, 15) is 4.39 Å². The van der Waals surface area contributed by atoms with Crippen molar-refractivity contribution in [1.82, 2.24) is 0 Å². The van der Waals surface area contributed by atoms with Crippen molar-refractivity contribution in [3.63, 3.8) is 0 Å². The summed E-state index contributed by atoms with van der Waals surface area (Å²) >= 11 is 0. The maximum Gasteiger partial charge on any atom is 0.183 e. The highest BCUT2D eigenvalue weighted by Crippen LogP contribution is 1.94. The van der Waals surface area contributed by atoms with Crippen LogP contribution in [0, 0.1) is 0 Å². The minimum absolute atomic E-state index is 0.541. The fourth-order valence-electron chi connectivity index (χ4n) is 0.279. The monoisotopic (exact) mass is 139 g/mol. The van der Waals surface area contributed by atoms with Gasteiger partial charge in [0.05, 0.1) is 6.21 Å². The van der Waals surface area contributed by atoms with E-state index in [1.807, 2.05) is 6.92 Å². The Hall–Kier alpha value is -1.14. The van der Waals surface area contributed by atoms with Gasteiger partial charge in [-0.3, -0.25) is 4.99 Å². The molecular formula is C8H10FN. The Kier molecular flexibility index (Phi) is 4.17. The molecule has 0 heterocycles. The average molecular weight is 139 g/mol. The number of rotatable bonds is 2. The van der Waals surface area contributed by atoms with Crippen molar-refractivity contribution < 1.29 is 4.39 Å². The second-order valence-electron chi connectivity index (χ2n) is 1.71. The van der Waals surface area contributed by atoms with E-state index in [0.29, 0.717) is 0 Å². The quantitative estimate of drug-likeness (QED) is 0.412. The van der Waals surface area contributed by atoms with E-state index in [-0.39, 0.29) is 0 Å². The third-order valence-electron chi connectivity index (χ3n) is 0.968. The first-order chi connectivity index (χ1) is 4.70. The SMILES string of the molecule is C=C=C(F)C=NC(C)=CC. The van der Waals surface area contributed by atoms with Crippen molar-refractivity contribution in [2.24, 2.45) is 4.99 Å². The van der Waals surface area contributed by atoms with E-state index in [4.69, 9.17) is 0 Å². The fraction of sp³-hybridized carbons (Fsp3) is 0.250. The minimum Gasteiger partial charge on any atom is -0.258 e. The van der Waals surface area contributed by atoms with Gasteiger partial charge >= 0.3 is 0 Å². The lowest BCUT2D eigenvalue weighted by molar-refractivity contribution is 0.688. The van der Waals surface area contributed by atoms with Crippen LogP contribution in [0.3, 0.4) is 0 Å². The zero-order valence-electron chi connectivity index (χ0n) is 6.19. The highest BCUT2D eigenvalue weighted by atomic mass is 19.1. The number of aliphatic imine (C=N–C) groups is 1. The molecule has 0 saturated heterocycles. The Morgan fingerprint density at radius 3 is 2.70 bits per heavy atom. The summed E-state index contributed by atoms with van der Waals surface area (Å²) in [6.07, 6.45) is 2.87. The van der Waals surface area contributed by atoms with Gasteiger partial charge in [0.2, 0.25) is 0 Å². The topological polar surface area (TPSA) is 12.4 Å². The molecule has 0 atom stereocenters. The van der Waals surface area contributed by atoms with Gasteiger partial charge < -0.3 is 0 Å². The van der Waals surface area contributed by atoms with Crippen molar-refractivity contribution in [3.05, 3.63) is 29.9 Å². The Labute approximate surface area is 60.3 Å². The second-order valence-corrected chi connectivity index (χ2v) is 1.71. The molecule has 0 radical (unpaired) electrons. The molecule has 0 aromatic rings. The van der Waals surface area contributed by atoms with Gasteiger partial charge in [-0.05, 0) is 13.8 Å². The van der Waals surface area contributed by atoms with Crippen LogP contribution in [0.2, 0.25) is 0 Å². The van der Waals surface area contributed by atoms with E-state index in [0.717, 1.165) is 11.9 Å². The molecule has 0 aliphatic carbocycles. The smallest absolute Gasteiger partial charge is 0.183 e. The minimum atomic E-state index is -0.541. The molecule has 1 nitrogen and oxygen atoms in total. The molecule has 0 fully saturated rings. The third kappa shape index (κ3) is 3.81. The molecule has 54 valence electrons. The summed E-state index contributed by atoms with van der Waals surface area (Å²) < 4.78 is 12.2. The normalized spacial score (nSPS) is 11.7. The summed E-state index contributed by atoms with van der Waals surface area (Å²) in [5.41, 5.74) is 2.84. The first kappa shape index (κ1) is 8.86. The maximum atomic E-state index is 12.2. The number of nitrogens with zero attached hydrogens (tertiary/aromatic N) is 1. The molecule has 0 rings (SSSR count). The molecule has 0 aromatic carbocycles. The summed E-state index contributed by atoms with van der Waals surface area (Å²) in [5, 5.41) is 0. The van der Waals surface area contributed by atoms with Gasteiger partial charge in [0.25, 0.3) is 0 Å². The number of halogens is 1. The Morgan fingerprint density at radius 1 is 1.70 bits per heavy atom. The number of allylic oxidation sites excluding steroid dienone is 3. The van der Waals surface area contributed by atoms with Crippen LogP contribution in [-0.2, 0) is 0 Å². The summed E-state index contributed by atoms with van der Waals surface area (Å²) in [6, 6.07) is 0. The lowest BCUT2D eigenvalue weighted by atomic mass is 10.5. The van der Waals surface area contributed by atoms with Crippen molar-refractivity contribution in [3.8, 4) is 0 Å². The summed E-state index contributed by atoms with van der Waals surface area (Å²) in [5.74, 6) is -0.541. The highest BCUT2D eigenvalue weighted by Gasteiger charge is 1.82. The number of hydrogen-bond donors (Lipinski definition) is 0. The molecule has 0 amide bonds. The van der Waals surface area contributed by atoms with E-state index in [2.05, 4.69) is 17.3 Å². The van der Waals surface area contributed by atoms with Crippen molar-refractivity contribution in [2.75, 3.05) is 0 Å². The van der Waals surface area contributed by atoms with Crippen LogP contribution in [0.1, 0.15) is 13.8 Å². The number of hydrogen-bond acceptors (Lipinski definition) is 1. The predicted molar refractivity (Wildman–Crippen MR) is 41.7 cm³/mol. The van der Waals surface area contributed by atoms with Gasteiger partial charge in [0.15, 0.2) is 5.83 Å². The van der Waals surface area contributed by atoms with Crippen LogP contribution < -0.4 is 0 Å². The van der Waals surface area contributed by atoms with E-state index in [1.165, 1.54) is 0 Å². The summed E-state index contributed by atoms with van der Waals surface area (Å²) in [7, 11) is 0. The van der Waals surface area contributed by atoms with Crippen LogP contribution in [0.25, 0.3) is 0 Å². The van der Waals surface area contributed by atoms with Crippen molar-refractivity contribution in [1.29, 1.82) is 0 Å². The molecule has 0 spiro atoms. The van der Waals surface area contributed by atoms with Crippen LogP contribution in [0.15, 0.2) is 34.9 Å². The highest BCUT2D eigenvalue weighted by molar-refractivity contribution is 5.75. The molecule has 0 aromatic heterocycles. The van der Waals surface area contributed by atoms with Gasteiger partial charge in [-0.2, -0.15) is 4.39 Å². The largest absolute Gasteiger partial charge is 0.258 e. The lowest BCUT2D eigenvalue weighted by Crippen LogP contribution is -1.73. The molecule has 0 unspecified atom stereocenters. The Bertz CT molecular complexity index is 207. The van der Waals surface area contributed by atoms with Crippen LogP contribution in [-0.4, -0.2) is 6.21 Å². The zero-order valence-corrected chi connectivity index (χ0v) is 6.19. The molecular weight excluding hydrogens is 129 g/mol. The van der Waals surface area contributed by atoms with Crippen LogP contribution in [0.4, 0.5) is 4.39 Å². The molecule has 2 heteroatoms. The first-order valence-electron chi connectivity index (χ1n) is 2.93. The lowest BCUT2D eigenvalue weighted by Gasteiger charge is -1.84. The fourth-order valence-corrected chi connectivity index (χ4v) is 0.279. The molecule has 0 bridgehead atoms. The van der Waals surface area contributed by atoms with E-state index in [1.54, 1.807) is 13.0 Å². The summed E-state index contributed by atoms with van der Waals surface area (Å²) in [4.78, 5) is 3.73. The van der Waals surface area contributed by atoms with Gasteiger partial charge in [0, 0.05) is 5.70 Å². The molecule has 0 saturated carbocycles. The third-order valence-corrected chi connectivity index (χ3v) is 0.968. The standard InChI is InChI=1S/C8H10FN/c1-4-7(3)10-6-8(9)5-2/h4,6H,2H2,1,3H3. The van der Waals surface area contributed by atoms with E-state index >= 15 is 0 Å². The Balaban J connectivity index is 4.14. The van der Waals surface area contributed by atoms with Gasteiger partial charge in [-0.25, -0.2) is 0 Å². The van der Waals surface area contributed by atoms with Gasteiger partial charge in [-0.1, -0.05) is 18.4 Å². The van der Waals surface area contributed by atoms with Crippen molar-refractivity contribution in [2.45, 2.75) is 13.8 Å². The molecule has 0 aliphatic rings. The van der Waals surface area contributed by atoms with Crippen LogP contribution in [0.5, 0.6) is 0 Å². The first-order valence-corrected chi connectivity index (χ1v) is 2.93. The van der Waals surface area contributed by atoms with Gasteiger partial charge in [-0.15, -0.1) is 0 Å². The predicted octanol–water partition coefficient (Wildman–Crippen LogP) is 2.62. The average Bonchev–Trinajstić information content (AvgIpc) is 1.99. The second kappa shape index (κ2) is 4.71.